The van der Waals surface area contributed by atoms with Crippen LogP contribution < -0.4 is 15.4 Å². The molecule has 30 heavy (non-hydrogen) atoms. The monoisotopic (exact) mass is 414 g/mol. The molecule has 0 unspecified atom stereocenters. The number of aryl methyl sites for hydroxylation is 1. The van der Waals surface area contributed by atoms with Crippen LogP contribution in [0.3, 0.4) is 0 Å². The van der Waals surface area contributed by atoms with Gasteiger partial charge in [-0.2, -0.15) is 0 Å². The molecule has 1 aliphatic rings. The lowest BCUT2D eigenvalue weighted by molar-refractivity contribution is 0.172. The summed E-state index contributed by atoms with van der Waals surface area (Å²) in [7, 11) is 5.41. The lowest BCUT2D eigenvalue weighted by atomic mass is 10.0. The third kappa shape index (κ3) is 6.19. The highest BCUT2D eigenvalue weighted by Gasteiger charge is 2.41. The van der Waals surface area contributed by atoms with Crippen LogP contribution >= 0.6 is 0 Å². The first kappa shape index (κ1) is 22.1. The molecule has 0 atom stereocenters. The van der Waals surface area contributed by atoms with E-state index in [1.165, 1.54) is 18.4 Å². The Hall–Kier alpha value is -2.61. The molecule has 0 amide bonds. The molecule has 0 spiro atoms. The van der Waals surface area contributed by atoms with Crippen molar-refractivity contribution in [3.63, 3.8) is 0 Å². The summed E-state index contributed by atoms with van der Waals surface area (Å²) in [6.45, 7) is 4.93. The summed E-state index contributed by atoms with van der Waals surface area (Å²) in [6, 6.07) is 8.17. The predicted molar refractivity (Wildman–Crippen MR) is 118 cm³/mol. The van der Waals surface area contributed by atoms with E-state index >= 15 is 0 Å². The Balaban J connectivity index is 1.57. The summed E-state index contributed by atoms with van der Waals surface area (Å²) < 4.78 is 12.5. The molecule has 1 aromatic carbocycles. The molecule has 1 fully saturated rings. The number of aliphatic imine (C=N–C) groups is 1. The maximum Gasteiger partial charge on any atom is 0.191 e. The maximum absolute atomic E-state index is 5.28. The topological polar surface area (TPSA) is 85.6 Å². The number of nitrogens with one attached hydrogen (secondary N) is 2. The summed E-state index contributed by atoms with van der Waals surface area (Å²) in [5, 5.41) is 15.3. The van der Waals surface area contributed by atoms with E-state index in [-0.39, 0.29) is 0 Å². The zero-order valence-electron chi connectivity index (χ0n) is 18.6. The van der Waals surface area contributed by atoms with Crippen molar-refractivity contribution in [3.8, 4) is 5.75 Å². The second kappa shape index (κ2) is 10.4. The van der Waals surface area contributed by atoms with E-state index < -0.39 is 0 Å². The van der Waals surface area contributed by atoms with Crippen LogP contribution in [0.2, 0.25) is 0 Å². The van der Waals surface area contributed by atoms with Crippen molar-refractivity contribution >= 4 is 5.96 Å². The summed E-state index contributed by atoms with van der Waals surface area (Å²) in [4.78, 5) is 4.76. The molecule has 0 radical (unpaired) electrons. The van der Waals surface area contributed by atoms with Gasteiger partial charge in [0.2, 0.25) is 0 Å². The Labute approximate surface area is 179 Å². The second-order valence-corrected chi connectivity index (χ2v) is 8.01. The second-order valence-electron chi connectivity index (χ2n) is 8.01. The molecule has 0 saturated heterocycles. The first-order valence-corrected chi connectivity index (χ1v) is 10.5. The Morgan fingerprint density at radius 3 is 2.53 bits per heavy atom. The Kier molecular flexibility index (Phi) is 7.68. The number of aromatic nitrogens is 3. The molecule has 0 bridgehead atoms. The zero-order valence-corrected chi connectivity index (χ0v) is 18.6. The first-order chi connectivity index (χ1) is 14.5. The van der Waals surface area contributed by atoms with Crippen molar-refractivity contribution < 1.29 is 9.47 Å². The van der Waals surface area contributed by atoms with Gasteiger partial charge in [-0.15, -0.1) is 10.2 Å². The number of methoxy groups -OCH3 is 2. The Morgan fingerprint density at radius 2 is 1.93 bits per heavy atom. The van der Waals surface area contributed by atoms with Gasteiger partial charge in [0.1, 0.15) is 18.1 Å². The summed E-state index contributed by atoms with van der Waals surface area (Å²) in [6.07, 6.45) is 4.47. The molecule has 2 aromatic rings. The lowest BCUT2D eigenvalue weighted by Gasteiger charge is -2.18. The van der Waals surface area contributed by atoms with Crippen LogP contribution in [0.5, 0.6) is 5.75 Å². The van der Waals surface area contributed by atoms with Gasteiger partial charge in [-0.25, -0.2) is 4.99 Å². The summed E-state index contributed by atoms with van der Waals surface area (Å²) in [5.74, 6) is 3.43. The largest absolute Gasteiger partial charge is 0.497 e. The summed E-state index contributed by atoms with van der Waals surface area (Å²) >= 11 is 0. The van der Waals surface area contributed by atoms with Gasteiger partial charge in [0, 0.05) is 33.9 Å². The lowest BCUT2D eigenvalue weighted by Crippen LogP contribution is -2.41. The van der Waals surface area contributed by atoms with Crippen molar-refractivity contribution in [1.29, 1.82) is 0 Å². The highest BCUT2D eigenvalue weighted by atomic mass is 16.5. The molecule has 1 aromatic heterocycles. The molecular formula is C22H34N6O2. The zero-order chi connectivity index (χ0) is 21.4. The molecule has 3 rings (SSSR count). The van der Waals surface area contributed by atoms with Crippen molar-refractivity contribution in [1.82, 2.24) is 25.4 Å². The maximum atomic E-state index is 5.28. The van der Waals surface area contributed by atoms with Crippen molar-refractivity contribution in [2.24, 2.45) is 17.5 Å². The van der Waals surface area contributed by atoms with Crippen molar-refractivity contribution in [3.05, 3.63) is 41.5 Å². The Morgan fingerprint density at radius 1 is 1.17 bits per heavy atom. The van der Waals surface area contributed by atoms with Crippen LogP contribution in [0.1, 0.15) is 36.5 Å². The van der Waals surface area contributed by atoms with E-state index in [9.17, 15) is 0 Å². The molecule has 1 saturated carbocycles. The van der Waals surface area contributed by atoms with Crippen LogP contribution in [0.4, 0.5) is 0 Å². The standard InChI is InChI=1S/C22H34N6O2/c1-17-26-27-20(28(17)2)15-24-21(25-16-22(10-11-22)12-14-29-3)23-13-9-18-5-7-19(30-4)8-6-18/h5-8H,9-16H2,1-4H3,(H2,23,24,25). The number of guanidine groups is 1. The molecule has 164 valence electrons. The molecule has 1 aliphatic carbocycles. The van der Waals surface area contributed by atoms with Crippen LogP contribution in [-0.4, -0.2) is 54.6 Å². The number of rotatable bonds is 11. The van der Waals surface area contributed by atoms with E-state index in [1.54, 1.807) is 14.2 Å². The SMILES string of the molecule is COCCC1(CNC(=NCc2nnc(C)n2C)NCCc2ccc(OC)cc2)CC1. The van der Waals surface area contributed by atoms with E-state index in [0.717, 1.165) is 55.9 Å². The number of hydrogen-bond acceptors (Lipinski definition) is 5. The number of ether oxygens (including phenoxy) is 2. The third-order valence-electron chi connectivity index (χ3n) is 5.85. The quantitative estimate of drug-likeness (QED) is 0.433. The normalized spacial score (nSPS) is 15.1. The molecule has 8 nitrogen and oxygen atoms in total. The Bertz CT molecular complexity index is 827. The molecule has 0 aliphatic heterocycles. The van der Waals surface area contributed by atoms with Gasteiger partial charge in [0.25, 0.3) is 0 Å². The number of nitrogens with zero attached hydrogens (tertiary/aromatic N) is 4. The van der Waals surface area contributed by atoms with Gasteiger partial charge in [-0.3, -0.25) is 0 Å². The van der Waals surface area contributed by atoms with Crippen LogP contribution in [0.25, 0.3) is 0 Å². The van der Waals surface area contributed by atoms with E-state index in [0.29, 0.717) is 12.0 Å². The fourth-order valence-electron chi connectivity index (χ4n) is 3.31. The van der Waals surface area contributed by atoms with Gasteiger partial charge in [0.05, 0.1) is 7.11 Å². The first-order valence-electron chi connectivity index (χ1n) is 10.5. The third-order valence-corrected chi connectivity index (χ3v) is 5.85. The molecule has 2 N–H and O–H groups in total. The van der Waals surface area contributed by atoms with Gasteiger partial charge >= 0.3 is 0 Å². The minimum atomic E-state index is 0.343. The average molecular weight is 415 g/mol. The highest BCUT2D eigenvalue weighted by Crippen LogP contribution is 2.48. The van der Waals surface area contributed by atoms with Gasteiger partial charge in [-0.05, 0) is 55.7 Å². The highest BCUT2D eigenvalue weighted by molar-refractivity contribution is 5.79. The van der Waals surface area contributed by atoms with E-state index in [1.807, 2.05) is 30.7 Å². The average Bonchev–Trinajstić information content (AvgIpc) is 3.48. The van der Waals surface area contributed by atoms with Crippen molar-refractivity contribution in [2.75, 3.05) is 33.9 Å². The van der Waals surface area contributed by atoms with Crippen LogP contribution in [0, 0.1) is 12.3 Å². The van der Waals surface area contributed by atoms with E-state index in [4.69, 9.17) is 14.5 Å². The molecule has 1 heterocycles. The van der Waals surface area contributed by atoms with Gasteiger partial charge in [0.15, 0.2) is 11.8 Å². The molecular weight excluding hydrogens is 380 g/mol. The smallest absolute Gasteiger partial charge is 0.191 e. The van der Waals surface area contributed by atoms with E-state index in [2.05, 4.69) is 33.0 Å². The summed E-state index contributed by atoms with van der Waals surface area (Å²) in [5.41, 5.74) is 1.60. The number of hydrogen-bond donors (Lipinski definition) is 2. The van der Waals surface area contributed by atoms with Crippen molar-refractivity contribution in [2.45, 2.75) is 39.2 Å². The fraction of sp³-hybridized carbons (Fsp3) is 0.591. The van der Waals surface area contributed by atoms with Crippen LogP contribution in [-0.2, 0) is 24.8 Å². The van der Waals surface area contributed by atoms with Crippen LogP contribution in [0.15, 0.2) is 29.3 Å². The van der Waals surface area contributed by atoms with Gasteiger partial charge in [-0.1, -0.05) is 12.1 Å². The fourth-order valence-corrected chi connectivity index (χ4v) is 3.31. The molecule has 8 heteroatoms. The minimum Gasteiger partial charge on any atom is -0.497 e. The predicted octanol–water partition coefficient (Wildman–Crippen LogP) is 2.23. The number of benzene rings is 1. The van der Waals surface area contributed by atoms with Gasteiger partial charge < -0.3 is 24.7 Å². The minimum absolute atomic E-state index is 0.343.